The summed E-state index contributed by atoms with van der Waals surface area (Å²) >= 11 is 0. The van der Waals surface area contributed by atoms with E-state index < -0.39 is 11.7 Å². The Hall–Kier alpha value is -2.84. The van der Waals surface area contributed by atoms with Crippen molar-refractivity contribution in [3.63, 3.8) is 0 Å². The first-order valence-electron chi connectivity index (χ1n) is 10.4. The number of halogens is 3. The minimum atomic E-state index is -4.43. The third-order valence-corrected chi connectivity index (χ3v) is 6.41. The molecule has 2 aromatic rings. The van der Waals surface area contributed by atoms with Crippen molar-refractivity contribution in [2.75, 3.05) is 19.6 Å². The molecule has 4 rings (SSSR count). The van der Waals surface area contributed by atoms with Crippen molar-refractivity contribution in [2.45, 2.75) is 38.4 Å². The summed E-state index contributed by atoms with van der Waals surface area (Å²) in [6.45, 7) is 3.53. The number of carbonyl (C=O) groups is 2. The molecule has 0 aliphatic carbocycles. The molecule has 0 bridgehead atoms. The van der Waals surface area contributed by atoms with Crippen LogP contribution in [0.4, 0.5) is 13.2 Å². The van der Waals surface area contributed by atoms with Gasteiger partial charge >= 0.3 is 6.18 Å². The highest BCUT2D eigenvalue weighted by atomic mass is 19.4. The number of alkyl halides is 3. The van der Waals surface area contributed by atoms with E-state index in [1.807, 2.05) is 11.8 Å². The summed E-state index contributed by atoms with van der Waals surface area (Å²) in [4.78, 5) is 29.5. The Labute approximate surface area is 178 Å². The van der Waals surface area contributed by atoms with Gasteiger partial charge in [0.15, 0.2) is 5.69 Å². The maximum Gasteiger partial charge on any atom is 0.416 e. The Balaban J connectivity index is 1.45. The molecule has 0 saturated carbocycles. The van der Waals surface area contributed by atoms with E-state index in [-0.39, 0.29) is 29.3 Å². The minimum absolute atomic E-state index is 0.0419. The Morgan fingerprint density at radius 1 is 1.06 bits per heavy atom. The summed E-state index contributed by atoms with van der Waals surface area (Å²) in [5, 5.41) is 4.31. The first-order chi connectivity index (χ1) is 14.6. The van der Waals surface area contributed by atoms with Crippen LogP contribution >= 0.6 is 0 Å². The van der Waals surface area contributed by atoms with Gasteiger partial charge in [-0.2, -0.15) is 18.3 Å². The molecule has 6 nitrogen and oxygen atoms in total. The number of likely N-dealkylation sites (tertiary alicyclic amines) is 2. The average Bonchev–Trinajstić information content (AvgIpc) is 3.09. The smallest absolute Gasteiger partial charge is 0.338 e. The lowest BCUT2D eigenvalue weighted by atomic mass is 9.83. The Bertz CT molecular complexity index is 964. The monoisotopic (exact) mass is 434 g/mol. The predicted molar refractivity (Wildman–Crippen MR) is 107 cm³/mol. The maximum absolute atomic E-state index is 13.0. The average molecular weight is 434 g/mol. The summed E-state index contributed by atoms with van der Waals surface area (Å²) in [5.41, 5.74) is 0.825. The quantitative estimate of drug-likeness (QED) is 0.727. The molecular formula is C22H25F3N4O2. The fourth-order valence-corrected chi connectivity index (χ4v) is 4.64. The molecule has 0 spiro atoms. The Morgan fingerprint density at radius 2 is 1.77 bits per heavy atom. The van der Waals surface area contributed by atoms with E-state index in [1.54, 1.807) is 22.7 Å². The number of hydrogen-bond acceptors (Lipinski definition) is 3. The van der Waals surface area contributed by atoms with Gasteiger partial charge in [-0.25, -0.2) is 0 Å². The van der Waals surface area contributed by atoms with Gasteiger partial charge in [0.25, 0.3) is 11.8 Å². The molecule has 31 heavy (non-hydrogen) atoms. The van der Waals surface area contributed by atoms with Crippen molar-refractivity contribution >= 4 is 11.8 Å². The van der Waals surface area contributed by atoms with Crippen molar-refractivity contribution in [3.8, 4) is 0 Å². The second kappa shape index (κ2) is 8.01. The zero-order chi connectivity index (χ0) is 22.3. The fraction of sp³-hybridized carbons (Fsp3) is 0.500. The summed E-state index contributed by atoms with van der Waals surface area (Å²) < 4.78 is 40.0. The summed E-state index contributed by atoms with van der Waals surface area (Å²) in [5.74, 6) is -0.202. The maximum atomic E-state index is 13.0. The molecule has 2 atom stereocenters. The first kappa shape index (κ1) is 21.4. The van der Waals surface area contributed by atoms with Crippen molar-refractivity contribution in [2.24, 2.45) is 13.0 Å². The van der Waals surface area contributed by atoms with Gasteiger partial charge in [0.1, 0.15) is 0 Å². The van der Waals surface area contributed by atoms with Crippen molar-refractivity contribution in [1.29, 1.82) is 0 Å². The highest BCUT2D eigenvalue weighted by Crippen LogP contribution is 2.33. The van der Waals surface area contributed by atoms with E-state index in [0.29, 0.717) is 31.7 Å². The SMILES string of the molecule is Cc1cc(C(=O)N2CCC[C@@H]3CN(C(=O)c4ccc(C(F)(F)F)cc4)CC[C@@H]32)nn1C. The van der Waals surface area contributed by atoms with Crippen molar-refractivity contribution in [1.82, 2.24) is 19.6 Å². The molecule has 2 aliphatic heterocycles. The van der Waals surface area contributed by atoms with Gasteiger partial charge in [-0.3, -0.25) is 14.3 Å². The molecule has 2 saturated heterocycles. The zero-order valence-corrected chi connectivity index (χ0v) is 17.5. The van der Waals surface area contributed by atoms with Crippen molar-refractivity contribution < 1.29 is 22.8 Å². The zero-order valence-electron chi connectivity index (χ0n) is 17.5. The van der Waals surface area contributed by atoms with E-state index in [1.165, 1.54) is 12.1 Å². The molecule has 0 radical (unpaired) electrons. The highest BCUT2D eigenvalue weighted by Gasteiger charge is 2.40. The van der Waals surface area contributed by atoms with Crippen LogP contribution in [0.25, 0.3) is 0 Å². The number of aromatic nitrogens is 2. The van der Waals surface area contributed by atoms with Crippen LogP contribution in [0.5, 0.6) is 0 Å². The van der Waals surface area contributed by atoms with E-state index >= 15 is 0 Å². The van der Waals surface area contributed by atoms with Gasteiger partial charge in [-0.15, -0.1) is 0 Å². The van der Waals surface area contributed by atoms with Crippen molar-refractivity contribution in [3.05, 3.63) is 52.8 Å². The predicted octanol–water partition coefficient (Wildman–Crippen LogP) is 3.51. The summed E-state index contributed by atoms with van der Waals surface area (Å²) in [6, 6.07) is 6.18. The second-order valence-electron chi connectivity index (χ2n) is 8.38. The summed E-state index contributed by atoms with van der Waals surface area (Å²) in [6.07, 6.45) is -2.02. The van der Waals surface area contributed by atoms with Gasteiger partial charge in [-0.05, 0) is 62.4 Å². The lowest BCUT2D eigenvalue weighted by Gasteiger charge is -2.47. The topological polar surface area (TPSA) is 58.4 Å². The van der Waals surface area contributed by atoms with Crippen LogP contribution in [0, 0.1) is 12.8 Å². The van der Waals surface area contributed by atoms with Crippen LogP contribution in [0.1, 0.15) is 51.4 Å². The number of aryl methyl sites for hydroxylation is 2. The van der Waals surface area contributed by atoms with Gasteiger partial charge in [0.05, 0.1) is 5.56 Å². The number of rotatable bonds is 2. The van der Waals surface area contributed by atoms with E-state index in [0.717, 1.165) is 30.7 Å². The fourth-order valence-electron chi connectivity index (χ4n) is 4.64. The first-order valence-corrected chi connectivity index (χ1v) is 10.4. The molecule has 1 aromatic heterocycles. The Kier molecular flexibility index (Phi) is 5.53. The van der Waals surface area contributed by atoms with Crippen LogP contribution in [-0.2, 0) is 13.2 Å². The highest BCUT2D eigenvalue weighted by molar-refractivity contribution is 5.94. The van der Waals surface area contributed by atoms with Crippen LogP contribution in [0.2, 0.25) is 0 Å². The molecule has 2 fully saturated rings. The van der Waals surface area contributed by atoms with Gasteiger partial charge in [0, 0.05) is 44.0 Å². The Morgan fingerprint density at radius 3 is 2.39 bits per heavy atom. The molecule has 0 N–H and O–H groups in total. The minimum Gasteiger partial charge on any atom is -0.338 e. The van der Waals surface area contributed by atoms with E-state index in [2.05, 4.69) is 5.10 Å². The van der Waals surface area contributed by atoms with Gasteiger partial charge < -0.3 is 9.80 Å². The molecule has 1 aromatic carbocycles. The number of fused-ring (bicyclic) bond motifs is 1. The van der Waals surface area contributed by atoms with Crippen LogP contribution in [0.15, 0.2) is 30.3 Å². The third kappa shape index (κ3) is 4.18. The number of carbonyl (C=O) groups excluding carboxylic acids is 2. The lowest BCUT2D eigenvalue weighted by molar-refractivity contribution is -0.137. The molecular weight excluding hydrogens is 409 g/mol. The summed E-state index contributed by atoms with van der Waals surface area (Å²) in [7, 11) is 1.80. The molecule has 0 unspecified atom stereocenters. The van der Waals surface area contributed by atoms with Crippen LogP contribution < -0.4 is 0 Å². The lowest BCUT2D eigenvalue weighted by Crippen LogP contribution is -2.56. The number of nitrogens with zero attached hydrogens (tertiary/aromatic N) is 4. The number of piperidine rings is 2. The largest absolute Gasteiger partial charge is 0.416 e. The molecule has 3 heterocycles. The van der Waals surface area contributed by atoms with Crippen LogP contribution in [-0.4, -0.2) is 57.1 Å². The second-order valence-corrected chi connectivity index (χ2v) is 8.38. The number of hydrogen-bond donors (Lipinski definition) is 0. The molecule has 9 heteroatoms. The number of benzene rings is 1. The van der Waals surface area contributed by atoms with Gasteiger partial charge in [0.2, 0.25) is 0 Å². The number of amides is 2. The molecule has 166 valence electrons. The third-order valence-electron chi connectivity index (χ3n) is 6.41. The molecule has 2 aliphatic rings. The van der Waals surface area contributed by atoms with E-state index in [9.17, 15) is 22.8 Å². The molecule has 2 amide bonds. The van der Waals surface area contributed by atoms with Gasteiger partial charge in [-0.1, -0.05) is 0 Å². The van der Waals surface area contributed by atoms with Crippen LogP contribution in [0.3, 0.4) is 0 Å². The normalized spacial score (nSPS) is 21.7. The van der Waals surface area contributed by atoms with E-state index in [4.69, 9.17) is 0 Å². The standard InChI is InChI=1S/C22H25F3N4O2/c1-14-12-18(26-27(14)2)21(31)29-10-3-4-16-13-28(11-9-19(16)29)20(30)15-5-7-17(8-6-15)22(23,24)25/h5-8,12,16,19H,3-4,9-11,13H2,1-2H3/t16-,19+/m1/s1.